The topological polar surface area (TPSA) is 22.0 Å². The first-order valence-electron chi connectivity index (χ1n) is 16.3. The molecule has 0 saturated heterocycles. The lowest BCUT2D eigenvalue weighted by Gasteiger charge is -2.07. The van der Waals surface area contributed by atoms with Crippen molar-refractivity contribution >= 4 is 120 Å². The van der Waals surface area contributed by atoms with Crippen molar-refractivity contribution in [1.82, 2.24) is 8.80 Å². The largest absolute Gasteiger partial charge is 0.455 e. The van der Waals surface area contributed by atoms with E-state index in [4.69, 9.17) is 4.42 Å². The van der Waals surface area contributed by atoms with Gasteiger partial charge in [0.15, 0.2) is 0 Å². The molecule has 0 radical (unpaired) electrons. The summed E-state index contributed by atoms with van der Waals surface area (Å²) in [7, 11) is 0. The number of hydrogen-bond acceptors (Lipinski definition) is 1. The van der Waals surface area contributed by atoms with E-state index in [1.54, 1.807) is 0 Å². The van der Waals surface area contributed by atoms with Gasteiger partial charge in [-0.25, -0.2) is 0 Å². The molecule has 47 heavy (non-hydrogen) atoms. The van der Waals surface area contributed by atoms with Gasteiger partial charge >= 0.3 is 0 Å². The first kappa shape index (κ1) is 23.1. The second-order valence-corrected chi connectivity index (χ2v) is 13.2. The highest BCUT2D eigenvalue weighted by atomic mass is 16.3. The van der Waals surface area contributed by atoms with Gasteiger partial charge in [-0.05, 0) is 22.9 Å². The fraction of sp³-hybridized carbons (Fsp3) is 0. The van der Waals surface area contributed by atoms with Gasteiger partial charge in [0.2, 0.25) is 0 Å². The summed E-state index contributed by atoms with van der Waals surface area (Å²) in [6, 6.07) is 49.0. The van der Waals surface area contributed by atoms with E-state index in [2.05, 4.69) is 142 Å². The molecule has 5 aromatic heterocycles. The van der Waals surface area contributed by atoms with Crippen LogP contribution < -0.4 is 0 Å². The normalized spacial score (nSPS) is 13.1. The number of aromatic nitrogens is 2. The fourth-order valence-electron chi connectivity index (χ4n) is 9.47. The summed E-state index contributed by atoms with van der Waals surface area (Å²) in [5.74, 6) is 0. The first-order valence-corrected chi connectivity index (χ1v) is 16.3. The molecule has 8 aromatic carbocycles. The molecule has 0 unspecified atom stereocenters. The van der Waals surface area contributed by atoms with Crippen molar-refractivity contribution in [2.75, 3.05) is 0 Å². The number of nitrogens with zero attached hydrogens (tertiary/aromatic N) is 2. The van der Waals surface area contributed by atoms with Crippen LogP contribution in [-0.4, -0.2) is 8.80 Å². The number of hydrogen-bond donors (Lipinski definition) is 0. The van der Waals surface area contributed by atoms with Crippen LogP contribution in [0, 0.1) is 0 Å². The van der Waals surface area contributed by atoms with Crippen LogP contribution >= 0.6 is 0 Å². The maximum absolute atomic E-state index is 7.42. The molecule has 3 nitrogen and oxygen atoms in total. The Balaban J connectivity index is 1.40. The van der Waals surface area contributed by atoms with Crippen molar-refractivity contribution in [3.8, 4) is 0 Å². The van der Waals surface area contributed by atoms with Gasteiger partial charge in [0.1, 0.15) is 11.2 Å². The molecule has 0 amide bonds. The van der Waals surface area contributed by atoms with E-state index >= 15 is 0 Å². The van der Waals surface area contributed by atoms with Gasteiger partial charge < -0.3 is 13.2 Å². The molecule has 13 rings (SSSR count). The maximum atomic E-state index is 7.42. The standard InChI is InChI=1S/C44H22N2O/c1-3-15-29-25(13-1)35-36-26-14-2-4-16-30(26)42-38(32-20-10-18-28-24-12-6-8-22-34(24)46(42)40(28)32)44(36)47-43(35)37-31-19-9-17-27-23-11-5-7-21-33(23)45(39(27)31)41(29)37/h1-22H. The molecule has 0 fully saturated rings. The third-order valence-corrected chi connectivity index (χ3v) is 11.1. The quantitative estimate of drug-likeness (QED) is 0.171. The van der Waals surface area contributed by atoms with Crippen molar-refractivity contribution in [3.63, 3.8) is 0 Å². The second-order valence-electron chi connectivity index (χ2n) is 13.2. The van der Waals surface area contributed by atoms with Gasteiger partial charge in [-0.2, -0.15) is 0 Å². The van der Waals surface area contributed by atoms with E-state index < -0.39 is 0 Å². The molecular weight excluding hydrogens is 572 g/mol. The summed E-state index contributed by atoms with van der Waals surface area (Å²) in [6.07, 6.45) is 0. The number of benzene rings is 8. The SMILES string of the molecule is c1ccc2c(c1)c1c(oc3c1c1ccccc1c1c3c3cccc4c5ccccc5n1c43)c1c3cccc4c5ccccc5n(c43)c21. The number of rotatable bonds is 0. The van der Waals surface area contributed by atoms with Crippen LogP contribution in [0.4, 0.5) is 0 Å². The molecular formula is C44H22N2O. The molecule has 13 aromatic rings. The Kier molecular flexibility index (Phi) is 3.71. The summed E-state index contributed by atoms with van der Waals surface area (Å²) < 4.78 is 12.4. The van der Waals surface area contributed by atoms with Gasteiger partial charge in [0, 0.05) is 53.9 Å². The number of furan rings is 1. The van der Waals surface area contributed by atoms with Gasteiger partial charge in [0.25, 0.3) is 0 Å². The van der Waals surface area contributed by atoms with Crippen LogP contribution in [0.25, 0.3) is 120 Å². The zero-order valence-corrected chi connectivity index (χ0v) is 25.0. The molecule has 0 aliphatic rings. The maximum Gasteiger partial charge on any atom is 0.146 e. The Labute approximate surface area is 265 Å². The van der Waals surface area contributed by atoms with E-state index in [9.17, 15) is 0 Å². The van der Waals surface area contributed by atoms with E-state index in [1.165, 1.54) is 109 Å². The highest BCUT2D eigenvalue weighted by molar-refractivity contribution is 6.44. The molecule has 5 heterocycles. The number of para-hydroxylation sites is 4. The first-order chi connectivity index (χ1) is 23.4. The van der Waals surface area contributed by atoms with E-state index in [-0.39, 0.29) is 0 Å². The summed E-state index contributed by atoms with van der Waals surface area (Å²) in [6.45, 7) is 0. The minimum absolute atomic E-state index is 0.973. The lowest BCUT2D eigenvalue weighted by Crippen LogP contribution is -1.85. The Bertz CT molecular complexity index is 3290. The Morgan fingerprint density at radius 3 is 1.09 bits per heavy atom. The van der Waals surface area contributed by atoms with Gasteiger partial charge in [-0.15, -0.1) is 0 Å². The lowest BCUT2D eigenvalue weighted by atomic mass is 9.95. The molecule has 3 heteroatoms. The van der Waals surface area contributed by atoms with E-state index in [0.29, 0.717) is 0 Å². The number of fused-ring (bicyclic) bond motifs is 23. The van der Waals surface area contributed by atoms with Crippen LogP contribution in [0.2, 0.25) is 0 Å². The average Bonchev–Trinajstić information content (AvgIpc) is 3.92. The van der Waals surface area contributed by atoms with Crippen LogP contribution in [0.5, 0.6) is 0 Å². The molecule has 0 saturated carbocycles. The van der Waals surface area contributed by atoms with Crippen molar-refractivity contribution in [1.29, 1.82) is 0 Å². The average molecular weight is 595 g/mol. The van der Waals surface area contributed by atoms with Crippen LogP contribution in [-0.2, 0) is 0 Å². The third-order valence-electron chi connectivity index (χ3n) is 11.1. The highest BCUT2D eigenvalue weighted by Gasteiger charge is 2.28. The fourth-order valence-corrected chi connectivity index (χ4v) is 9.47. The second kappa shape index (κ2) is 7.55. The molecule has 0 aliphatic carbocycles. The molecule has 214 valence electrons. The Morgan fingerprint density at radius 2 is 0.617 bits per heavy atom. The van der Waals surface area contributed by atoms with Crippen molar-refractivity contribution in [2.45, 2.75) is 0 Å². The monoisotopic (exact) mass is 594 g/mol. The molecule has 0 aliphatic heterocycles. The molecule has 0 spiro atoms. The lowest BCUT2D eigenvalue weighted by molar-refractivity contribution is 0.677. The van der Waals surface area contributed by atoms with Gasteiger partial charge in [-0.3, -0.25) is 0 Å². The molecule has 0 N–H and O–H groups in total. The smallest absolute Gasteiger partial charge is 0.146 e. The van der Waals surface area contributed by atoms with Gasteiger partial charge in [0.05, 0.1) is 43.9 Å². The Hall–Kier alpha value is -6.32. The van der Waals surface area contributed by atoms with E-state index in [1.807, 2.05) is 0 Å². The Morgan fingerprint density at radius 1 is 0.277 bits per heavy atom. The minimum Gasteiger partial charge on any atom is -0.455 e. The summed E-state index contributed by atoms with van der Waals surface area (Å²) in [4.78, 5) is 0. The summed E-state index contributed by atoms with van der Waals surface area (Å²) in [5.41, 5.74) is 9.40. The van der Waals surface area contributed by atoms with Crippen LogP contribution in [0.3, 0.4) is 0 Å². The van der Waals surface area contributed by atoms with Crippen LogP contribution in [0.1, 0.15) is 0 Å². The van der Waals surface area contributed by atoms with E-state index in [0.717, 1.165) is 11.2 Å². The summed E-state index contributed by atoms with van der Waals surface area (Å²) in [5, 5.41) is 17.4. The van der Waals surface area contributed by atoms with Crippen molar-refractivity contribution in [2.24, 2.45) is 0 Å². The predicted molar refractivity (Wildman–Crippen MR) is 198 cm³/mol. The van der Waals surface area contributed by atoms with Gasteiger partial charge in [-0.1, -0.05) is 121 Å². The molecule has 0 atom stereocenters. The van der Waals surface area contributed by atoms with Crippen LogP contribution in [0.15, 0.2) is 138 Å². The third kappa shape index (κ3) is 2.39. The zero-order chi connectivity index (χ0) is 30.1. The highest BCUT2D eigenvalue weighted by Crippen LogP contribution is 2.52. The van der Waals surface area contributed by atoms with Crippen molar-refractivity contribution < 1.29 is 4.42 Å². The summed E-state index contributed by atoms with van der Waals surface area (Å²) >= 11 is 0. The minimum atomic E-state index is 0.973. The van der Waals surface area contributed by atoms with Crippen molar-refractivity contribution in [3.05, 3.63) is 133 Å². The predicted octanol–water partition coefficient (Wildman–Crippen LogP) is 12.2. The zero-order valence-electron chi connectivity index (χ0n) is 25.0. The molecule has 0 bridgehead atoms.